The van der Waals surface area contributed by atoms with E-state index < -0.39 is 4.92 Å². The molecule has 4 rings (SSSR count). The van der Waals surface area contributed by atoms with Crippen LogP contribution in [0.25, 0.3) is 16.3 Å². The lowest BCUT2D eigenvalue weighted by Gasteiger charge is -2.11. The van der Waals surface area contributed by atoms with E-state index in [0.717, 1.165) is 33.3 Å². The van der Waals surface area contributed by atoms with Gasteiger partial charge in [0.25, 0.3) is 0 Å². The van der Waals surface area contributed by atoms with Crippen LogP contribution in [0.4, 0.5) is 0 Å². The average Bonchev–Trinajstić information content (AvgIpc) is 2.98. The molecular formula is C20H14N2O2. The van der Waals surface area contributed by atoms with Crippen molar-refractivity contribution in [3.05, 3.63) is 105 Å². The molecule has 116 valence electrons. The van der Waals surface area contributed by atoms with Crippen LogP contribution in [-0.2, 0) is 0 Å². The lowest BCUT2D eigenvalue weighted by molar-refractivity contribution is -0.402. The Balaban J connectivity index is 1.90. The van der Waals surface area contributed by atoms with Crippen LogP contribution in [0.3, 0.4) is 0 Å². The summed E-state index contributed by atoms with van der Waals surface area (Å²) in [4.78, 5) is 15.1. The number of rotatable bonds is 3. The summed E-state index contributed by atoms with van der Waals surface area (Å²) < 4.78 is 0. The molecule has 1 aliphatic rings. The second kappa shape index (κ2) is 5.74. The van der Waals surface area contributed by atoms with E-state index in [1.165, 1.54) is 5.39 Å². The molecule has 0 aromatic heterocycles. The minimum atomic E-state index is -0.439. The summed E-state index contributed by atoms with van der Waals surface area (Å²) in [5.74, 6) is 0. The Bertz CT molecular complexity index is 1100. The molecule has 1 heterocycles. The van der Waals surface area contributed by atoms with Crippen molar-refractivity contribution in [2.24, 2.45) is 4.99 Å². The maximum absolute atomic E-state index is 10.8. The highest BCUT2D eigenvalue weighted by molar-refractivity contribution is 5.84. The normalized spacial score (nSPS) is 16.3. The van der Waals surface area contributed by atoms with Crippen molar-refractivity contribution in [1.82, 2.24) is 0 Å². The second-order valence-corrected chi connectivity index (χ2v) is 5.71. The Kier molecular flexibility index (Phi) is 3.43. The molecule has 3 aromatic rings. The molecule has 0 amide bonds. The van der Waals surface area contributed by atoms with Crippen molar-refractivity contribution in [2.45, 2.75) is 6.04 Å². The van der Waals surface area contributed by atoms with Crippen LogP contribution < -0.4 is 10.6 Å². The van der Waals surface area contributed by atoms with E-state index in [4.69, 9.17) is 4.99 Å². The Morgan fingerprint density at radius 1 is 0.958 bits per heavy atom. The molecule has 1 atom stereocenters. The van der Waals surface area contributed by atoms with E-state index >= 15 is 0 Å². The van der Waals surface area contributed by atoms with Gasteiger partial charge in [0.05, 0.1) is 10.3 Å². The zero-order valence-corrected chi connectivity index (χ0v) is 12.8. The maximum Gasteiger partial charge on any atom is 0.234 e. The van der Waals surface area contributed by atoms with Crippen LogP contribution in [0.5, 0.6) is 0 Å². The fourth-order valence-electron chi connectivity index (χ4n) is 3.14. The van der Waals surface area contributed by atoms with E-state index in [1.807, 2.05) is 42.5 Å². The van der Waals surface area contributed by atoms with Gasteiger partial charge in [-0.2, -0.15) is 0 Å². The number of nitrogens with zero attached hydrogens (tertiary/aromatic N) is 2. The SMILES string of the molecule is O=[N+]([O-])/C=C/C1=c2ccccc2=N[C@H]1c1ccc2ccccc2c1. The Morgan fingerprint density at radius 3 is 2.54 bits per heavy atom. The second-order valence-electron chi connectivity index (χ2n) is 5.71. The van der Waals surface area contributed by atoms with Gasteiger partial charge in [-0.15, -0.1) is 0 Å². The molecule has 4 nitrogen and oxygen atoms in total. The van der Waals surface area contributed by atoms with Crippen molar-refractivity contribution in [3.63, 3.8) is 0 Å². The summed E-state index contributed by atoms with van der Waals surface area (Å²) in [7, 11) is 0. The van der Waals surface area contributed by atoms with Crippen LogP contribution in [0.15, 0.2) is 84.0 Å². The summed E-state index contributed by atoms with van der Waals surface area (Å²) in [5, 5.41) is 14.9. The predicted molar refractivity (Wildman–Crippen MR) is 93.5 cm³/mol. The Hall–Kier alpha value is -3.27. The van der Waals surface area contributed by atoms with Crippen molar-refractivity contribution in [1.29, 1.82) is 0 Å². The summed E-state index contributed by atoms with van der Waals surface area (Å²) in [6.45, 7) is 0. The fourth-order valence-corrected chi connectivity index (χ4v) is 3.14. The highest BCUT2D eigenvalue weighted by Crippen LogP contribution is 2.30. The first-order chi connectivity index (χ1) is 11.7. The van der Waals surface area contributed by atoms with Gasteiger partial charge in [-0.3, -0.25) is 15.1 Å². The predicted octanol–water partition coefficient (Wildman–Crippen LogP) is 3.16. The van der Waals surface area contributed by atoms with Gasteiger partial charge in [-0.05, 0) is 34.0 Å². The molecule has 0 bridgehead atoms. The molecule has 0 spiro atoms. The number of nitro groups is 1. The number of fused-ring (bicyclic) bond motifs is 2. The quantitative estimate of drug-likeness (QED) is 0.551. The largest absolute Gasteiger partial charge is 0.272 e. The third kappa shape index (κ3) is 2.48. The van der Waals surface area contributed by atoms with Crippen molar-refractivity contribution in [2.75, 3.05) is 0 Å². The van der Waals surface area contributed by atoms with E-state index in [-0.39, 0.29) is 6.04 Å². The van der Waals surface area contributed by atoms with E-state index in [2.05, 4.69) is 24.3 Å². The van der Waals surface area contributed by atoms with Crippen molar-refractivity contribution in [3.8, 4) is 0 Å². The highest BCUT2D eigenvalue weighted by atomic mass is 16.6. The van der Waals surface area contributed by atoms with Gasteiger partial charge in [0.2, 0.25) is 6.20 Å². The Labute approximate surface area is 138 Å². The summed E-state index contributed by atoms with van der Waals surface area (Å²) >= 11 is 0. The molecule has 0 N–H and O–H groups in total. The standard InChI is InChI=1S/C20H14N2O2/c23-22(24)12-11-18-17-7-3-4-8-19(17)21-20(18)16-10-9-14-5-1-2-6-15(14)13-16/h1-13,20H/b12-11+/t20-/m0/s1. The number of benzene rings is 3. The smallest absolute Gasteiger partial charge is 0.234 e. The molecule has 24 heavy (non-hydrogen) atoms. The van der Waals surface area contributed by atoms with Crippen molar-refractivity contribution < 1.29 is 4.92 Å². The maximum atomic E-state index is 10.8. The average molecular weight is 314 g/mol. The number of para-hydroxylation sites is 1. The lowest BCUT2D eigenvalue weighted by Crippen LogP contribution is -2.21. The van der Waals surface area contributed by atoms with Gasteiger partial charge in [-0.25, -0.2) is 0 Å². The molecule has 0 radical (unpaired) electrons. The highest BCUT2D eigenvalue weighted by Gasteiger charge is 2.20. The van der Waals surface area contributed by atoms with Crippen LogP contribution in [0.1, 0.15) is 11.6 Å². The van der Waals surface area contributed by atoms with E-state index in [9.17, 15) is 10.1 Å². The van der Waals surface area contributed by atoms with Gasteiger partial charge in [-0.1, -0.05) is 54.6 Å². The molecule has 0 aliphatic carbocycles. The molecule has 0 fully saturated rings. The van der Waals surface area contributed by atoms with Crippen LogP contribution in [0, 0.1) is 10.1 Å². The minimum Gasteiger partial charge on any atom is -0.272 e. The summed E-state index contributed by atoms with van der Waals surface area (Å²) in [5.41, 5.74) is 1.89. The van der Waals surface area contributed by atoms with Gasteiger partial charge in [0, 0.05) is 11.3 Å². The van der Waals surface area contributed by atoms with Gasteiger partial charge < -0.3 is 0 Å². The van der Waals surface area contributed by atoms with Crippen molar-refractivity contribution >= 4 is 16.3 Å². The molecule has 3 aromatic carbocycles. The zero-order valence-electron chi connectivity index (χ0n) is 12.8. The van der Waals surface area contributed by atoms with Crippen LogP contribution in [0.2, 0.25) is 0 Å². The molecule has 4 heteroatoms. The molecular weight excluding hydrogens is 300 g/mol. The molecule has 0 saturated heterocycles. The third-order valence-electron chi connectivity index (χ3n) is 4.24. The first-order valence-corrected chi connectivity index (χ1v) is 7.70. The molecule has 0 saturated carbocycles. The molecule has 0 unspecified atom stereocenters. The first-order valence-electron chi connectivity index (χ1n) is 7.70. The lowest BCUT2D eigenvalue weighted by atomic mass is 9.96. The minimum absolute atomic E-state index is 0.219. The van der Waals surface area contributed by atoms with Gasteiger partial charge in [0.1, 0.15) is 6.04 Å². The van der Waals surface area contributed by atoms with E-state index in [0.29, 0.717) is 0 Å². The van der Waals surface area contributed by atoms with Gasteiger partial charge in [0.15, 0.2) is 0 Å². The monoisotopic (exact) mass is 314 g/mol. The van der Waals surface area contributed by atoms with Crippen LogP contribution in [-0.4, -0.2) is 4.92 Å². The summed E-state index contributed by atoms with van der Waals surface area (Å²) in [6.07, 6.45) is 2.55. The third-order valence-corrected chi connectivity index (χ3v) is 4.24. The van der Waals surface area contributed by atoms with Gasteiger partial charge >= 0.3 is 0 Å². The summed E-state index contributed by atoms with van der Waals surface area (Å²) in [6, 6.07) is 21.9. The molecule has 1 aliphatic heterocycles. The first kappa shape index (κ1) is 14.3. The number of hydrogen-bond donors (Lipinski definition) is 0. The van der Waals surface area contributed by atoms with Crippen LogP contribution >= 0.6 is 0 Å². The topological polar surface area (TPSA) is 55.5 Å². The van der Waals surface area contributed by atoms with E-state index in [1.54, 1.807) is 6.08 Å². The zero-order chi connectivity index (χ0) is 16.5. The number of hydrogen-bond acceptors (Lipinski definition) is 3. The fraction of sp³-hybridized carbons (Fsp3) is 0.0500. The Morgan fingerprint density at radius 2 is 1.71 bits per heavy atom.